The zero-order valence-electron chi connectivity index (χ0n) is 17.9. The highest BCUT2D eigenvalue weighted by molar-refractivity contribution is 6.20. The minimum Gasteiger partial charge on any atom is -0.493 e. The second kappa shape index (κ2) is 8.51. The highest BCUT2D eigenvalue weighted by Gasteiger charge is 2.23. The fourth-order valence-corrected chi connectivity index (χ4v) is 3.74. The minimum atomic E-state index is -0.512. The lowest BCUT2D eigenvalue weighted by molar-refractivity contribution is 0.100. The maximum atomic E-state index is 13.5. The smallest absolute Gasteiger partial charge is 0.200 e. The van der Waals surface area contributed by atoms with Crippen molar-refractivity contribution in [2.75, 3.05) is 14.2 Å². The van der Waals surface area contributed by atoms with E-state index >= 15 is 0 Å². The molecule has 32 heavy (non-hydrogen) atoms. The van der Waals surface area contributed by atoms with Gasteiger partial charge in [-0.25, -0.2) is 0 Å². The van der Waals surface area contributed by atoms with Gasteiger partial charge in [-0.3, -0.25) is 14.4 Å². The Morgan fingerprint density at radius 2 is 1.31 bits per heavy atom. The third-order valence-corrected chi connectivity index (χ3v) is 5.39. The fraction of sp³-hybridized carbons (Fsp3) is 0.115. The standard InChI is InChI=1S/C26H21NO5/c1-27-15-20(26(30)19-13-22(31-2)23(32-3)14-21(19)27)25(29)18-12-8-7-11-17(18)24(28)16-9-5-4-6-10-16/h4-15H,1-3H3. The van der Waals surface area contributed by atoms with Gasteiger partial charge in [0.25, 0.3) is 0 Å². The Bertz CT molecular complexity index is 1400. The predicted octanol–water partition coefficient (Wildman–Crippen LogP) is 4.02. The van der Waals surface area contributed by atoms with E-state index in [2.05, 4.69) is 0 Å². The first-order valence-corrected chi connectivity index (χ1v) is 9.95. The van der Waals surface area contributed by atoms with E-state index in [0.29, 0.717) is 28.0 Å². The van der Waals surface area contributed by atoms with Crippen LogP contribution >= 0.6 is 0 Å². The minimum absolute atomic E-state index is 0.0273. The van der Waals surface area contributed by atoms with Crippen LogP contribution in [0.1, 0.15) is 31.8 Å². The van der Waals surface area contributed by atoms with Gasteiger partial charge in [0, 0.05) is 36.0 Å². The lowest BCUT2D eigenvalue weighted by Gasteiger charge is -2.14. The first-order valence-electron chi connectivity index (χ1n) is 9.95. The van der Waals surface area contributed by atoms with E-state index in [1.165, 1.54) is 20.4 Å². The van der Waals surface area contributed by atoms with Gasteiger partial charge in [-0.2, -0.15) is 0 Å². The Hall–Kier alpha value is -4.19. The first kappa shape index (κ1) is 21.1. The molecular formula is C26H21NO5. The second-order valence-electron chi connectivity index (χ2n) is 7.28. The topological polar surface area (TPSA) is 74.6 Å². The van der Waals surface area contributed by atoms with Crippen molar-refractivity contribution in [1.29, 1.82) is 0 Å². The SMILES string of the molecule is COc1cc2c(=O)c(C(=O)c3ccccc3C(=O)c3ccccc3)cn(C)c2cc1OC. The number of fused-ring (bicyclic) bond motifs is 1. The largest absolute Gasteiger partial charge is 0.493 e. The van der Waals surface area contributed by atoms with Gasteiger partial charge in [0.05, 0.1) is 30.7 Å². The molecule has 0 radical (unpaired) electrons. The molecule has 3 aromatic carbocycles. The van der Waals surface area contributed by atoms with Crippen LogP contribution in [0.4, 0.5) is 0 Å². The number of pyridine rings is 1. The van der Waals surface area contributed by atoms with Gasteiger partial charge in [0.1, 0.15) is 0 Å². The van der Waals surface area contributed by atoms with Gasteiger partial charge in [-0.05, 0) is 6.07 Å². The van der Waals surface area contributed by atoms with E-state index in [-0.39, 0.29) is 22.5 Å². The summed E-state index contributed by atoms with van der Waals surface area (Å²) in [5, 5.41) is 0.322. The van der Waals surface area contributed by atoms with E-state index in [4.69, 9.17) is 9.47 Å². The number of aromatic nitrogens is 1. The average molecular weight is 427 g/mol. The molecule has 4 rings (SSSR count). The Morgan fingerprint density at radius 1 is 0.750 bits per heavy atom. The molecule has 0 aliphatic rings. The maximum Gasteiger partial charge on any atom is 0.200 e. The molecule has 0 bridgehead atoms. The van der Waals surface area contributed by atoms with E-state index in [0.717, 1.165) is 0 Å². The molecule has 0 spiro atoms. The molecule has 0 saturated carbocycles. The highest BCUT2D eigenvalue weighted by Crippen LogP contribution is 2.31. The van der Waals surface area contributed by atoms with Gasteiger partial charge in [0.15, 0.2) is 23.1 Å². The van der Waals surface area contributed by atoms with E-state index in [1.807, 2.05) is 6.07 Å². The Balaban J connectivity index is 1.88. The van der Waals surface area contributed by atoms with Crippen molar-refractivity contribution in [3.63, 3.8) is 0 Å². The lowest BCUT2D eigenvalue weighted by atomic mass is 9.93. The van der Waals surface area contributed by atoms with Crippen molar-refractivity contribution in [2.45, 2.75) is 0 Å². The number of ketones is 2. The summed E-state index contributed by atoms with van der Waals surface area (Å²) in [6, 6.07) is 18.5. The summed E-state index contributed by atoms with van der Waals surface area (Å²) in [4.78, 5) is 39.8. The molecule has 0 fully saturated rings. The van der Waals surface area contributed by atoms with Crippen LogP contribution in [-0.2, 0) is 7.05 Å². The highest BCUT2D eigenvalue weighted by atomic mass is 16.5. The van der Waals surface area contributed by atoms with Crippen LogP contribution < -0.4 is 14.9 Å². The molecule has 160 valence electrons. The molecule has 0 saturated heterocycles. The number of rotatable bonds is 6. The van der Waals surface area contributed by atoms with Gasteiger partial charge in [-0.1, -0.05) is 54.6 Å². The second-order valence-corrected chi connectivity index (χ2v) is 7.28. The third kappa shape index (κ3) is 3.56. The molecule has 1 heterocycles. The third-order valence-electron chi connectivity index (χ3n) is 5.39. The Morgan fingerprint density at radius 3 is 1.94 bits per heavy atom. The number of aryl methyl sites for hydroxylation is 1. The molecule has 0 amide bonds. The van der Waals surface area contributed by atoms with Crippen molar-refractivity contribution >= 4 is 22.5 Å². The van der Waals surface area contributed by atoms with Gasteiger partial charge in [0.2, 0.25) is 5.43 Å². The van der Waals surface area contributed by atoms with Gasteiger partial charge < -0.3 is 14.0 Å². The van der Waals surface area contributed by atoms with E-state index in [9.17, 15) is 14.4 Å². The van der Waals surface area contributed by atoms with Crippen LogP contribution in [0.3, 0.4) is 0 Å². The van der Waals surface area contributed by atoms with Crippen molar-refractivity contribution in [3.05, 3.63) is 105 Å². The monoisotopic (exact) mass is 427 g/mol. The Kier molecular flexibility index (Phi) is 5.60. The molecule has 6 nitrogen and oxygen atoms in total. The fourth-order valence-electron chi connectivity index (χ4n) is 3.74. The van der Waals surface area contributed by atoms with Crippen molar-refractivity contribution in [2.24, 2.45) is 7.05 Å². The molecular weight excluding hydrogens is 406 g/mol. The number of carbonyl (C=O) groups is 2. The number of ether oxygens (including phenoxy) is 2. The summed E-state index contributed by atoms with van der Waals surface area (Å²) in [5.74, 6) is 0.0787. The lowest BCUT2D eigenvalue weighted by Crippen LogP contribution is -2.21. The average Bonchev–Trinajstić information content (AvgIpc) is 2.85. The molecule has 0 aliphatic heterocycles. The summed E-state index contributed by atoms with van der Waals surface area (Å²) in [7, 11) is 4.74. The summed E-state index contributed by atoms with van der Waals surface area (Å²) in [6.07, 6.45) is 1.49. The quantitative estimate of drug-likeness (QED) is 0.435. The molecule has 0 aliphatic carbocycles. The molecule has 6 heteroatoms. The first-order chi connectivity index (χ1) is 15.5. The van der Waals surface area contributed by atoms with Crippen LogP contribution in [0.2, 0.25) is 0 Å². The van der Waals surface area contributed by atoms with E-state index in [1.54, 1.807) is 72.3 Å². The number of methoxy groups -OCH3 is 2. The molecule has 1 aromatic heterocycles. The molecule has 0 N–H and O–H groups in total. The molecule has 0 unspecified atom stereocenters. The van der Waals surface area contributed by atoms with E-state index < -0.39 is 11.2 Å². The van der Waals surface area contributed by atoms with Crippen LogP contribution in [0, 0.1) is 0 Å². The zero-order chi connectivity index (χ0) is 22.8. The van der Waals surface area contributed by atoms with Crippen molar-refractivity contribution in [3.8, 4) is 11.5 Å². The van der Waals surface area contributed by atoms with Crippen LogP contribution in [0.15, 0.2) is 77.7 Å². The van der Waals surface area contributed by atoms with Crippen LogP contribution in [0.25, 0.3) is 10.9 Å². The molecule has 4 aromatic rings. The summed E-state index contributed by atoms with van der Waals surface area (Å²) >= 11 is 0. The van der Waals surface area contributed by atoms with Gasteiger partial charge in [-0.15, -0.1) is 0 Å². The number of nitrogens with zero attached hydrogens (tertiary/aromatic N) is 1. The van der Waals surface area contributed by atoms with Crippen molar-refractivity contribution < 1.29 is 19.1 Å². The van der Waals surface area contributed by atoms with Crippen LogP contribution in [-0.4, -0.2) is 30.4 Å². The normalized spacial score (nSPS) is 10.7. The van der Waals surface area contributed by atoms with Crippen LogP contribution in [0.5, 0.6) is 11.5 Å². The number of benzene rings is 3. The summed E-state index contributed by atoms with van der Waals surface area (Å²) in [6.45, 7) is 0. The van der Waals surface area contributed by atoms with Gasteiger partial charge >= 0.3 is 0 Å². The number of hydrogen-bond donors (Lipinski definition) is 0. The van der Waals surface area contributed by atoms with Crippen molar-refractivity contribution in [1.82, 2.24) is 4.57 Å². The number of hydrogen-bond acceptors (Lipinski definition) is 5. The summed E-state index contributed by atoms with van der Waals surface area (Å²) < 4.78 is 12.3. The predicted molar refractivity (Wildman–Crippen MR) is 122 cm³/mol. The Labute approximate surface area is 184 Å². The summed E-state index contributed by atoms with van der Waals surface area (Å²) in [5.41, 5.74) is 1.02. The zero-order valence-corrected chi connectivity index (χ0v) is 17.9. The maximum absolute atomic E-state index is 13.5. The number of carbonyl (C=O) groups excluding carboxylic acids is 2. The molecule has 0 atom stereocenters.